The van der Waals surface area contributed by atoms with Gasteiger partial charge >= 0.3 is 5.97 Å². The maximum Gasteiger partial charge on any atom is 0.306 e. The summed E-state index contributed by atoms with van der Waals surface area (Å²) in [6.45, 7) is 21.1. The van der Waals surface area contributed by atoms with Crippen molar-refractivity contribution in [1.82, 2.24) is 0 Å². The lowest BCUT2D eigenvalue weighted by Gasteiger charge is -2.45. The van der Waals surface area contributed by atoms with Crippen LogP contribution in [0.2, 0.25) is 0 Å². The second kappa shape index (κ2) is 17.8. The molecular weight excluding hydrogens is 488 g/mol. The van der Waals surface area contributed by atoms with E-state index >= 15 is 0 Å². The fourth-order valence-corrected chi connectivity index (χ4v) is 8.16. The van der Waals surface area contributed by atoms with Crippen LogP contribution >= 0.6 is 0 Å². The number of unbranched alkanes of at least 4 members (excludes halogenated alkanes) is 5. The summed E-state index contributed by atoms with van der Waals surface area (Å²) in [5, 5.41) is 0. The van der Waals surface area contributed by atoms with Gasteiger partial charge in [-0.3, -0.25) is 4.79 Å². The molecule has 0 radical (unpaired) electrons. The summed E-state index contributed by atoms with van der Waals surface area (Å²) in [6, 6.07) is 0. The van der Waals surface area contributed by atoms with Crippen LogP contribution in [0.15, 0.2) is 24.3 Å². The molecule has 2 nitrogen and oxygen atoms in total. The third-order valence-corrected chi connectivity index (χ3v) is 11.3. The van der Waals surface area contributed by atoms with E-state index in [2.05, 4.69) is 61.1 Å². The molecule has 0 aliphatic heterocycles. The molecule has 40 heavy (non-hydrogen) atoms. The zero-order chi connectivity index (χ0) is 29.6. The molecule has 0 aromatic carbocycles. The number of carbonyl (C=O) groups is 1. The van der Waals surface area contributed by atoms with E-state index in [-0.39, 0.29) is 17.5 Å². The summed E-state index contributed by atoms with van der Waals surface area (Å²) in [5.74, 6) is 3.21. The van der Waals surface area contributed by atoms with Gasteiger partial charge in [-0.25, -0.2) is 0 Å². The Kier molecular flexibility index (Phi) is 15.6. The Labute approximate surface area is 250 Å². The van der Waals surface area contributed by atoms with Gasteiger partial charge in [0.1, 0.15) is 6.10 Å². The summed E-state index contributed by atoms with van der Waals surface area (Å²) in [7, 11) is 0. The molecule has 2 saturated carbocycles. The van der Waals surface area contributed by atoms with Gasteiger partial charge in [0, 0.05) is 12.8 Å². The highest BCUT2D eigenvalue weighted by Gasteiger charge is 2.44. The first-order valence-corrected chi connectivity index (χ1v) is 17.6. The maximum absolute atomic E-state index is 12.6. The Balaban J connectivity index is 1.93. The van der Waals surface area contributed by atoms with E-state index < -0.39 is 0 Å². The number of rotatable bonds is 19. The monoisotopic (exact) mass is 557 g/mol. The molecule has 6 atom stereocenters. The molecule has 2 fully saturated rings. The Morgan fingerprint density at radius 2 is 1.70 bits per heavy atom. The van der Waals surface area contributed by atoms with Crippen LogP contribution in [0.4, 0.5) is 0 Å². The molecule has 2 heteroatoms. The molecule has 232 valence electrons. The van der Waals surface area contributed by atoms with Crippen LogP contribution in [0.1, 0.15) is 170 Å². The molecule has 0 heterocycles. The van der Waals surface area contributed by atoms with Gasteiger partial charge in [0.15, 0.2) is 0 Å². The smallest absolute Gasteiger partial charge is 0.306 e. The third kappa shape index (κ3) is 11.0. The molecule has 0 amide bonds. The van der Waals surface area contributed by atoms with Crippen molar-refractivity contribution >= 4 is 5.97 Å². The zero-order valence-electron chi connectivity index (χ0n) is 28.0. The predicted molar refractivity (Wildman–Crippen MR) is 174 cm³/mol. The molecule has 0 bridgehead atoms. The van der Waals surface area contributed by atoms with Crippen LogP contribution in [0.5, 0.6) is 0 Å². The van der Waals surface area contributed by atoms with E-state index in [1.54, 1.807) is 0 Å². The van der Waals surface area contributed by atoms with Crippen LogP contribution in [-0.4, -0.2) is 12.1 Å². The predicted octanol–water partition coefficient (Wildman–Crippen LogP) is 12.0. The minimum Gasteiger partial charge on any atom is -0.462 e. The normalized spacial score (nSPS) is 29.6. The fraction of sp³-hybridized carbons (Fsp3) is 0.868. The van der Waals surface area contributed by atoms with E-state index in [0.29, 0.717) is 17.8 Å². The summed E-state index contributed by atoms with van der Waals surface area (Å²) in [5.41, 5.74) is 2.20. The summed E-state index contributed by atoms with van der Waals surface area (Å²) < 4.78 is 6.04. The van der Waals surface area contributed by atoms with Gasteiger partial charge in [-0.15, -0.1) is 6.58 Å². The Bertz CT molecular complexity index is 765. The minimum atomic E-state index is 0.0166. The number of ether oxygens (including phenoxy) is 1. The SMILES string of the molecule is C=CC/C=C1/C[C@@H](OC(=O)CCCCCCCC)CC[C@]1(C)C(C)CC[C@@]1(C)CCC[C@@H]1[C@H](C)CCCC(C)C. The first-order chi connectivity index (χ1) is 19.1. The molecule has 2 rings (SSSR count). The minimum absolute atomic E-state index is 0.0166. The lowest BCUT2D eigenvalue weighted by atomic mass is 9.61. The van der Waals surface area contributed by atoms with Crippen molar-refractivity contribution in [3.05, 3.63) is 24.3 Å². The highest BCUT2D eigenvalue weighted by molar-refractivity contribution is 5.69. The lowest BCUT2D eigenvalue weighted by molar-refractivity contribution is -0.150. The molecular formula is C38H68O2. The molecule has 0 saturated heterocycles. The van der Waals surface area contributed by atoms with Crippen LogP contribution in [-0.2, 0) is 9.53 Å². The summed E-state index contributed by atoms with van der Waals surface area (Å²) in [4.78, 5) is 12.6. The molecule has 0 N–H and O–H groups in total. The van der Waals surface area contributed by atoms with Crippen molar-refractivity contribution in [1.29, 1.82) is 0 Å². The topological polar surface area (TPSA) is 26.3 Å². The van der Waals surface area contributed by atoms with E-state index in [0.717, 1.165) is 56.3 Å². The van der Waals surface area contributed by atoms with E-state index in [4.69, 9.17) is 4.74 Å². The summed E-state index contributed by atoms with van der Waals surface area (Å²) >= 11 is 0. The van der Waals surface area contributed by atoms with Gasteiger partial charge in [0.25, 0.3) is 0 Å². The number of allylic oxidation sites excluding steroid dienone is 2. The molecule has 0 spiro atoms. The van der Waals surface area contributed by atoms with Gasteiger partial charge in [-0.05, 0) is 85.9 Å². The summed E-state index contributed by atoms with van der Waals surface area (Å²) in [6.07, 6.45) is 27.3. The largest absolute Gasteiger partial charge is 0.462 e. The number of hydrogen-bond acceptors (Lipinski definition) is 2. The lowest BCUT2D eigenvalue weighted by Crippen LogP contribution is -2.37. The van der Waals surface area contributed by atoms with Gasteiger partial charge in [-0.2, -0.15) is 0 Å². The quantitative estimate of drug-likeness (QED) is 0.0898. The van der Waals surface area contributed by atoms with Crippen molar-refractivity contribution in [3.63, 3.8) is 0 Å². The first kappa shape index (κ1) is 35.1. The molecule has 2 aliphatic carbocycles. The van der Waals surface area contributed by atoms with Crippen molar-refractivity contribution in [2.75, 3.05) is 0 Å². The Morgan fingerprint density at radius 1 is 0.975 bits per heavy atom. The number of hydrogen-bond donors (Lipinski definition) is 0. The van der Waals surface area contributed by atoms with E-state index in [1.807, 2.05) is 6.08 Å². The van der Waals surface area contributed by atoms with Crippen LogP contribution in [0.25, 0.3) is 0 Å². The second-order valence-electron chi connectivity index (χ2n) is 14.9. The second-order valence-corrected chi connectivity index (χ2v) is 14.9. The highest BCUT2D eigenvalue weighted by atomic mass is 16.5. The van der Waals surface area contributed by atoms with Crippen molar-refractivity contribution in [2.24, 2.45) is 34.5 Å². The third-order valence-electron chi connectivity index (χ3n) is 11.3. The maximum atomic E-state index is 12.6. The van der Waals surface area contributed by atoms with Crippen LogP contribution in [0, 0.1) is 34.5 Å². The van der Waals surface area contributed by atoms with Crippen LogP contribution < -0.4 is 0 Å². The van der Waals surface area contributed by atoms with Crippen molar-refractivity contribution in [2.45, 2.75) is 177 Å². The van der Waals surface area contributed by atoms with Gasteiger partial charge in [-0.1, -0.05) is 124 Å². The fourth-order valence-electron chi connectivity index (χ4n) is 8.16. The van der Waals surface area contributed by atoms with E-state index in [9.17, 15) is 4.79 Å². The molecule has 1 unspecified atom stereocenters. The molecule has 2 aliphatic rings. The van der Waals surface area contributed by atoms with Gasteiger partial charge in [0.2, 0.25) is 0 Å². The first-order valence-electron chi connectivity index (χ1n) is 17.6. The Morgan fingerprint density at radius 3 is 2.40 bits per heavy atom. The zero-order valence-corrected chi connectivity index (χ0v) is 28.0. The highest BCUT2D eigenvalue weighted by Crippen LogP contribution is 2.54. The standard InChI is InChI=1S/C38H68O2/c1-9-11-13-14-15-16-23-36(39)40-34-25-28-38(8,33(29-34)21-12-10-2)32(6)24-27-37(7)26-18-22-35(37)31(5)20-17-19-30(3)4/h10,21,30-32,34-35H,2,9,11-20,22-29H2,1,3-8H3/b33-21-/t31-,32?,34+,35-,37-,38-/m1/s1. The molecule has 0 aromatic rings. The van der Waals surface area contributed by atoms with Crippen molar-refractivity contribution in [3.8, 4) is 0 Å². The van der Waals surface area contributed by atoms with Gasteiger partial charge in [0.05, 0.1) is 0 Å². The molecule has 0 aromatic heterocycles. The van der Waals surface area contributed by atoms with E-state index in [1.165, 1.54) is 82.6 Å². The Hall–Kier alpha value is -1.05. The number of esters is 1. The van der Waals surface area contributed by atoms with Crippen molar-refractivity contribution < 1.29 is 9.53 Å². The number of carbonyl (C=O) groups excluding carboxylic acids is 1. The van der Waals surface area contributed by atoms with Gasteiger partial charge < -0.3 is 4.74 Å². The average Bonchev–Trinajstić information content (AvgIpc) is 3.31. The van der Waals surface area contributed by atoms with Crippen LogP contribution in [0.3, 0.4) is 0 Å². The average molecular weight is 557 g/mol.